The summed E-state index contributed by atoms with van der Waals surface area (Å²) < 4.78 is 0. The minimum Gasteiger partial charge on any atom is -0.306 e. The maximum atomic E-state index is 15.6. The second-order valence-electron chi connectivity index (χ2n) is 20.9. The molecular formula is C62H92N2O2S4. The van der Waals surface area contributed by atoms with E-state index in [0.29, 0.717) is 36.1 Å². The third-order valence-corrected chi connectivity index (χ3v) is 19.4. The lowest BCUT2D eigenvalue weighted by Crippen LogP contribution is -2.34. The fourth-order valence-corrected chi connectivity index (χ4v) is 14.8. The minimum absolute atomic E-state index is 0.0507. The fourth-order valence-electron chi connectivity index (χ4n) is 11.0. The maximum Gasteiger partial charge on any atom is 0.261 e. The monoisotopic (exact) mass is 1020 g/mol. The predicted molar refractivity (Wildman–Crippen MR) is 310 cm³/mol. The molecule has 70 heavy (non-hydrogen) atoms. The molecule has 0 aliphatic carbocycles. The second-order valence-corrected chi connectivity index (χ2v) is 25.0. The molecule has 386 valence electrons. The molecule has 0 fully saturated rings. The minimum atomic E-state index is 0.0507. The molecule has 4 aromatic heterocycles. The average molecular weight is 1030 g/mol. The summed E-state index contributed by atoms with van der Waals surface area (Å²) in [6.45, 7) is 10.6. The van der Waals surface area contributed by atoms with Crippen LogP contribution in [0.1, 0.15) is 243 Å². The topological polar surface area (TPSA) is 40.6 Å². The Morgan fingerprint density at radius 1 is 0.357 bits per heavy atom. The number of hydrogen-bond acceptors (Lipinski definition) is 6. The van der Waals surface area contributed by atoms with Gasteiger partial charge in [-0.15, -0.1) is 45.3 Å². The molecule has 0 N–H and O–H groups in total. The lowest BCUT2D eigenvalue weighted by molar-refractivity contribution is -0.124. The number of nitrogens with zero attached hydrogens (tertiary/aromatic N) is 2. The van der Waals surface area contributed by atoms with Gasteiger partial charge in [0.25, 0.3) is 11.8 Å². The van der Waals surface area contributed by atoms with Crippen LogP contribution in [-0.4, -0.2) is 34.7 Å². The van der Waals surface area contributed by atoms with Crippen LogP contribution in [0.15, 0.2) is 70.4 Å². The normalized spacial score (nSPS) is 14.9. The number of rotatable bonds is 40. The van der Waals surface area contributed by atoms with Gasteiger partial charge >= 0.3 is 0 Å². The summed E-state index contributed by atoms with van der Waals surface area (Å²) in [5, 5.41) is 4.27. The zero-order valence-corrected chi connectivity index (χ0v) is 47.6. The molecule has 6 rings (SSSR count). The van der Waals surface area contributed by atoms with Crippen molar-refractivity contribution < 1.29 is 9.59 Å². The highest BCUT2D eigenvalue weighted by Gasteiger charge is 2.50. The summed E-state index contributed by atoms with van der Waals surface area (Å²) in [7, 11) is 0. The van der Waals surface area contributed by atoms with Gasteiger partial charge in [0, 0.05) is 32.6 Å². The van der Waals surface area contributed by atoms with Gasteiger partial charge in [-0.25, -0.2) is 0 Å². The molecule has 0 bridgehead atoms. The van der Waals surface area contributed by atoms with Crippen molar-refractivity contribution in [2.45, 2.75) is 233 Å². The summed E-state index contributed by atoms with van der Waals surface area (Å²) in [5.74, 6) is 0.919. The van der Waals surface area contributed by atoms with Crippen molar-refractivity contribution >= 4 is 68.6 Å². The van der Waals surface area contributed by atoms with Crippen LogP contribution in [-0.2, 0) is 9.59 Å². The maximum absolute atomic E-state index is 15.6. The van der Waals surface area contributed by atoms with Gasteiger partial charge in [-0.2, -0.15) is 0 Å². The van der Waals surface area contributed by atoms with Crippen LogP contribution in [0.3, 0.4) is 0 Å². The Morgan fingerprint density at radius 2 is 0.657 bits per heavy atom. The van der Waals surface area contributed by atoms with E-state index in [-0.39, 0.29) is 11.8 Å². The molecule has 0 radical (unpaired) electrons. The Hall–Kier alpha value is -2.78. The van der Waals surface area contributed by atoms with Gasteiger partial charge in [0.2, 0.25) is 0 Å². The van der Waals surface area contributed by atoms with Crippen molar-refractivity contribution in [1.82, 2.24) is 9.80 Å². The van der Waals surface area contributed by atoms with Crippen LogP contribution in [0, 0.1) is 11.8 Å². The predicted octanol–water partition coefficient (Wildman–Crippen LogP) is 20.9. The molecule has 0 saturated carbocycles. The molecule has 2 atom stereocenters. The summed E-state index contributed by atoms with van der Waals surface area (Å²) in [6.07, 6.45) is 40.9. The average Bonchev–Trinajstić information content (AvgIpc) is 4.25. The number of carbonyl (C=O) groups is 2. The summed E-state index contributed by atoms with van der Waals surface area (Å²) in [6, 6.07) is 17.6. The standard InChI is InChI=1S/C62H92N2O2S4/c1-5-9-13-17-21-23-27-31-37-49(35-29-25-19-15-11-7-3)47-63-59(55-40-34-46-68-55)57-58(62(63)66)60(56-44-43-54(70-56)53-42-41-52(69-53)51-39-33-45-67-51)64(61(57)65)48-50(36-30-26-20-16-12-8-4)38-32-28-24-22-18-14-10-6-2/h33-34,39-46,49-50H,5-32,35-38,47-48H2,1-4H3. The van der Waals surface area contributed by atoms with E-state index in [1.54, 1.807) is 34.0 Å². The van der Waals surface area contributed by atoms with Gasteiger partial charge in [-0.05, 0) is 84.7 Å². The molecule has 4 aromatic rings. The smallest absolute Gasteiger partial charge is 0.261 e. The quantitative estimate of drug-likeness (QED) is 0.0417. The highest BCUT2D eigenvalue weighted by molar-refractivity contribution is 7.26. The number of unbranched alkanes of at least 4 members (excludes halogenated alkanes) is 24. The lowest BCUT2D eigenvalue weighted by atomic mass is 9.93. The first-order valence-corrected chi connectivity index (χ1v) is 32.3. The Kier molecular flexibility index (Phi) is 26.2. The summed E-state index contributed by atoms with van der Waals surface area (Å²) in [5.41, 5.74) is 3.11. The second kappa shape index (κ2) is 32.4. The van der Waals surface area contributed by atoms with Crippen LogP contribution in [0.2, 0.25) is 0 Å². The first-order chi connectivity index (χ1) is 34.5. The summed E-state index contributed by atoms with van der Waals surface area (Å²) >= 11 is 7.07. The summed E-state index contributed by atoms with van der Waals surface area (Å²) in [4.78, 5) is 42.6. The molecule has 8 heteroatoms. The van der Waals surface area contributed by atoms with Gasteiger partial charge in [-0.1, -0.05) is 220 Å². The Labute approximate surface area is 442 Å². The largest absolute Gasteiger partial charge is 0.306 e. The van der Waals surface area contributed by atoms with E-state index in [1.165, 1.54) is 199 Å². The van der Waals surface area contributed by atoms with Crippen molar-refractivity contribution in [3.63, 3.8) is 0 Å². The van der Waals surface area contributed by atoms with Gasteiger partial charge in [0.1, 0.15) is 0 Å². The van der Waals surface area contributed by atoms with Crippen molar-refractivity contribution in [2.75, 3.05) is 13.1 Å². The van der Waals surface area contributed by atoms with E-state index in [1.807, 2.05) is 11.3 Å². The number of amides is 2. The SMILES string of the molecule is CCCCCCCCCCC(CCCCCCCC)CN1C(=O)C2=C(c3ccc(-c4ccc(-c5cccs5)s4)s3)N(CC(CCCCCCCC)CCCCCCCCCC)C(=O)C2=C1c1cccs1. The van der Waals surface area contributed by atoms with Crippen LogP contribution in [0.25, 0.3) is 30.9 Å². The van der Waals surface area contributed by atoms with Crippen LogP contribution < -0.4 is 0 Å². The third-order valence-electron chi connectivity index (χ3n) is 15.1. The first kappa shape index (κ1) is 56.5. The fraction of sp³-hybridized carbons (Fsp3) is 0.645. The van der Waals surface area contributed by atoms with Crippen molar-refractivity contribution in [3.8, 4) is 19.5 Å². The number of thiophene rings is 4. The van der Waals surface area contributed by atoms with E-state index in [9.17, 15) is 0 Å². The van der Waals surface area contributed by atoms with Gasteiger partial charge < -0.3 is 9.80 Å². The molecule has 0 aromatic carbocycles. The number of fused-ring (bicyclic) bond motifs is 1. The highest BCUT2D eigenvalue weighted by atomic mass is 32.1. The van der Waals surface area contributed by atoms with Crippen molar-refractivity contribution in [1.29, 1.82) is 0 Å². The molecule has 0 spiro atoms. The third kappa shape index (κ3) is 17.2. The number of carbonyl (C=O) groups excluding carboxylic acids is 2. The van der Waals surface area contributed by atoms with Gasteiger partial charge in [0.15, 0.2) is 0 Å². The molecule has 6 heterocycles. The molecule has 2 aliphatic heterocycles. The molecule has 0 saturated heterocycles. The Morgan fingerprint density at radius 3 is 1.01 bits per heavy atom. The van der Waals surface area contributed by atoms with E-state index in [0.717, 1.165) is 46.8 Å². The van der Waals surface area contributed by atoms with Crippen LogP contribution in [0.5, 0.6) is 0 Å². The van der Waals surface area contributed by atoms with Crippen LogP contribution >= 0.6 is 45.3 Å². The van der Waals surface area contributed by atoms with E-state index >= 15 is 9.59 Å². The zero-order valence-electron chi connectivity index (χ0n) is 44.3. The van der Waals surface area contributed by atoms with Crippen molar-refractivity contribution in [2.24, 2.45) is 11.8 Å². The lowest BCUT2D eigenvalue weighted by Gasteiger charge is -2.29. The molecule has 2 aliphatic rings. The highest BCUT2D eigenvalue weighted by Crippen LogP contribution is 2.50. The molecular weight excluding hydrogens is 933 g/mol. The molecule has 2 unspecified atom stereocenters. The Bertz CT molecular complexity index is 2120. The number of hydrogen-bond donors (Lipinski definition) is 0. The van der Waals surface area contributed by atoms with Crippen LogP contribution in [0.4, 0.5) is 0 Å². The van der Waals surface area contributed by atoms with E-state index in [2.05, 4.69) is 96.8 Å². The van der Waals surface area contributed by atoms with Gasteiger partial charge in [-0.3, -0.25) is 9.59 Å². The van der Waals surface area contributed by atoms with E-state index in [4.69, 9.17) is 0 Å². The molecule has 4 nitrogen and oxygen atoms in total. The van der Waals surface area contributed by atoms with E-state index < -0.39 is 0 Å². The zero-order chi connectivity index (χ0) is 49.2. The van der Waals surface area contributed by atoms with Gasteiger partial charge in [0.05, 0.1) is 32.3 Å². The Balaban J connectivity index is 1.31. The van der Waals surface area contributed by atoms with Crippen molar-refractivity contribution in [3.05, 3.63) is 80.2 Å². The molecule has 2 amide bonds. The first-order valence-electron chi connectivity index (χ1n) is 28.9.